The normalized spacial score (nSPS) is 11.4. The summed E-state index contributed by atoms with van der Waals surface area (Å²) in [6.45, 7) is 0. The van der Waals surface area contributed by atoms with E-state index in [0.717, 1.165) is 27.2 Å². The Hall–Kier alpha value is -3.84. The maximum absolute atomic E-state index is 6.22. The predicted molar refractivity (Wildman–Crippen MR) is 108 cm³/mol. The lowest BCUT2D eigenvalue weighted by molar-refractivity contribution is 0.420. The molecule has 1 aromatic carbocycles. The fraction of sp³-hybridized carbons (Fsp3) is 0. The summed E-state index contributed by atoms with van der Waals surface area (Å²) >= 11 is 1.67. The highest BCUT2D eigenvalue weighted by atomic mass is 32.1. The van der Waals surface area contributed by atoms with E-state index in [0.29, 0.717) is 28.5 Å². The summed E-state index contributed by atoms with van der Waals surface area (Å²) < 4.78 is 22.7. The first-order chi connectivity index (χ1) is 14.4. The van der Waals surface area contributed by atoms with Gasteiger partial charge in [-0.05, 0) is 35.7 Å². The van der Waals surface area contributed by atoms with Crippen molar-refractivity contribution < 1.29 is 17.8 Å². The van der Waals surface area contributed by atoms with Crippen molar-refractivity contribution in [3.8, 4) is 44.7 Å². The van der Waals surface area contributed by atoms with Crippen molar-refractivity contribution in [2.75, 3.05) is 0 Å². The lowest BCUT2D eigenvalue weighted by Gasteiger charge is -2.08. The van der Waals surface area contributed by atoms with Gasteiger partial charge in [0.25, 0.3) is 0 Å². The van der Waals surface area contributed by atoms with Crippen LogP contribution in [0, 0.1) is 0 Å². The molecule has 140 valence electrons. The fourth-order valence-corrected chi connectivity index (χ4v) is 4.32. The van der Waals surface area contributed by atoms with Crippen LogP contribution in [0.3, 0.4) is 0 Å². The van der Waals surface area contributed by atoms with Crippen molar-refractivity contribution in [3.05, 3.63) is 72.8 Å². The van der Waals surface area contributed by atoms with E-state index in [2.05, 4.69) is 21.6 Å². The van der Waals surface area contributed by atoms with Crippen molar-refractivity contribution in [1.29, 1.82) is 0 Å². The highest BCUT2D eigenvalue weighted by Crippen LogP contribution is 2.48. The Labute approximate surface area is 168 Å². The minimum absolute atomic E-state index is 0.442. The van der Waals surface area contributed by atoms with Gasteiger partial charge in [-0.15, -0.1) is 11.3 Å². The summed E-state index contributed by atoms with van der Waals surface area (Å²) in [5.74, 6) is 1.71. The first kappa shape index (κ1) is 16.1. The number of benzene rings is 1. The van der Waals surface area contributed by atoms with E-state index >= 15 is 0 Å². The molecule has 6 rings (SSSR count). The number of nitrogens with zero attached hydrogens (tertiary/aromatic N) is 2. The molecule has 0 saturated carbocycles. The molecular formula is C22H12N2O4S. The van der Waals surface area contributed by atoms with E-state index in [1.54, 1.807) is 29.9 Å². The van der Waals surface area contributed by atoms with Gasteiger partial charge in [-0.2, -0.15) is 0 Å². The number of hydrogen-bond donors (Lipinski definition) is 0. The van der Waals surface area contributed by atoms with Crippen LogP contribution in [0.4, 0.5) is 0 Å². The average molecular weight is 400 g/mol. The molecule has 5 heterocycles. The zero-order valence-corrected chi connectivity index (χ0v) is 15.7. The van der Waals surface area contributed by atoms with Crippen molar-refractivity contribution in [1.82, 2.24) is 10.1 Å². The van der Waals surface area contributed by atoms with Crippen molar-refractivity contribution >= 4 is 22.3 Å². The van der Waals surface area contributed by atoms with Crippen LogP contribution < -0.4 is 0 Å². The number of thiophene rings is 1. The van der Waals surface area contributed by atoms with Crippen molar-refractivity contribution in [3.63, 3.8) is 0 Å². The zero-order valence-electron chi connectivity index (χ0n) is 14.9. The Morgan fingerprint density at radius 2 is 1.86 bits per heavy atom. The Morgan fingerprint density at radius 3 is 2.59 bits per heavy atom. The molecule has 0 radical (unpaired) electrons. The average Bonchev–Trinajstić information content (AvgIpc) is 3.55. The molecule has 0 bridgehead atoms. The molecule has 29 heavy (non-hydrogen) atoms. The Balaban J connectivity index is 1.79. The summed E-state index contributed by atoms with van der Waals surface area (Å²) in [5, 5.41) is 6.96. The van der Waals surface area contributed by atoms with E-state index in [-0.39, 0.29) is 0 Å². The largest absolute Gasteiger partial charge is 0.464 e. The van der Waals surface area contributed by atoms with Gasteiger partial charge in [0, 0.05) is 27.5 Å². The van der Waals surface area contributed by atoms with Crippen LogP contribution in [0.2, 0.25) is 0 Å². The maximum Gasteiger partial charge on any atom is 0.230 e. The van der Waals surface area contributed by atoms with E-state index in [1.807, 2.05) is 30.3 Å². The molecule has 5 aromatic heterocycles. The summed E-state index contributed by atoms with van der Waals surface area (Å²) in [5.41, 5.74) is 3.92. The summed E-state index contributed by atoms with van der Waals surface area (Å²) in [6, 6.07) is 13.7. The standard InChI is InChI=1S/C22H12N2O4S/c1-3-15(25-9-1)18-13(17-4-2-12-29-17)5-6-16-19(18)20(22-23-8-11-26-22)21(28-16)14-7-10-27-24-14/h1-12H. The third-order valence-electron chi connectivity index (χ3n) is 4.73. The topological polar surface area (TPSA) is 78.3 Å². The third-order valence-corrected chi connectivity index (χ3v) is 5.63. The predicted octanol–water partition coefficient (Wildman–Crippen LogP) is 6.73. The van der Waals surface area contributed by atoms with Crippen LogP contribution in [0.15, 0.2) is 90.6 Å². The molecule has 0 fully saturated rings. The molecule has 0 spiro atoms. The number of oxazole rings is 1. The van der Waals surface area contributed by atoms with Gasteiger partial charge in [0.1, 0.15) is 29.6 Å². The smallest absolute Gasteiger partial charge is 0.230 e. The quantitative estimate of drug-likeness (QED) is 0.326. The molecule has 0 aliphatic carbocycles. The number of hydrogen-bond acceptors (Lipinski definition) is 7. The van der Waals surface area contributed by atoms with Gasteiger partial charge >= 0.3 is 0 Å². The summed E-state index contributed by atoms with van der Waals surface area (Å²) in [6.07, 6.45) is 6.31. The van der Waals surface area contributed by atoms with Crippen LogP contribution in [0.5, 0.6) is 0 Å². The molecule has 7 heteroatoms. The van der Waals surface area contributed by atoms with Gasteiger partial charge in [0.15, 0.2) is 5.76 Å². The lowest BCUT2D eigenvalue weighted by atomic mass is 9.96. The number of fused-ring (bicyclic) bond motifs is 1. The number of aromatic nitrogens is 2. The molecule has 0 N–H and O–H groups in total. The van der Waals surface area contributed by atoms with Gasteiger partial charge < -0.3 is 17.8 Å². The molecule has 0 aliphatic rings. The van der Waals surface area contributed by atoms with Gasteiger partial charge in [-0.1, -0.05) is 11.2 Å². The van der Waals surface area contributed by atoms with E-state index < -0.39 is 0 Å². The highest BCUT2D eigenvalue weighted by Gasteiger charge is 2.27. The van der Waals surface area contributed by atoms with Gasteiger partial charge in [0.2, 0.25) is 5.89 Å². The molecule has 0 aliphatic heterocycles. The second kappa shape index (κ2) is 6.35. The monoisotopic (exact) mass is 400 g/mol. The van der Waals surface area contributed by atoms with Gasteiger partial charge in [-0.3, -0.25) is 0 Å². The molecule has 0 amide bonds. The van der Waals surface area contributed by atoms with Crippen LogP contribution in [-0.4, -0.2) is 10.1 Å². The zero-order chi connectivity index (χ0) is 19.2. The minimum Gasteiger partial charge on any atom is -0.464 e. The second-order valence-electron chi connectivity index (χ2n) is 6.34. The van der Waals surface area contributed by atoms with E-state index in [9.17, 15) is 0 Å². The Morgan fingerprint density at radius 1 is 0.862 bits per heavy atom. The van der Waals surface area contributed by atoms with Gasteiger partial charge in [0.05, 0.1) is 18.0 Å². The number of furan rings is 2. The van der Waals surface area contributed by atoms with Crippen LogP contribution in [0.1, 0.15) is 0 Å². The summed E-state index contributed by atoms with van der Waals surface area (Å²) in [4.78, 5) is 5.51. The number of rotatable bonds is 4. The molecule has 6 aromatic rings. The van der Waals surface area contributed by atoms with Crippen LogP contribution >= 0.6 is 11.3 Å². The lowest BCUT2D eigenvalue weighted by Crippen LogP contribution is -1.86. The van der Waals surface area contributed by atoms with E-state index in [4.69, 9.17) is 17.8 Å². The SMILES string of the molecule is c1coc(-c2c(-c3cccs3)ccc3oc(-c4ccon4)c(-c4ncco4)c23)c1. The summed E-state index contributed by atoms with van der Waals surface area (Å²) in [7, 11) is 0. The van der Waals surface area contributed by atoms with Crippen LogP contribution in [0.25, 0.3) is 55.6 Å². The van der Waals surface area contributed by atoms with E-state index in [1.165, 1.54) is 12.5 Å². The Bertz CT molecular complexity index is 1350. The third kappa shape index (κ3) is 2.48. The fourth-order valence-electron chi connectivity index (χ4n) is 3.57. The first-order valence-corrected chi connectivity index (χ1v) is 9.76. The van der Waals surface area contributed by atoms with Crippen molar-refractivity contribution in [2.45, 2.75) is 0 Å². The maximum atomic E-state index is 6.22. The molecule has 0 atom stereocenters. The first-order valence-electron chi connectivity index (χ1n) is 8.88. The second-order valence-corrected chi connectivity index (χ2v) is 7.29. The van der Waals surface area contributed by atoms with Crippen LogP contribution in [-0.2, 0) is 0 Å². The highest BCUT2D eigenvalue weighted by molar-refractivity contribution is 7.13. The molecule has 6 nitrogen and oxygen atoms in total. The minimum atomic E-state index is 0.442. The Kier molecular flexibility index (Phi) is 3.54. The van der Waals surface area contributed by atoms with Crippen molar-refractivity contribution in [2.24, 2.45) is 0 Å². The molecule has 0 unspecified atom stereocenters. The molecular weight excluding hydrogens is 388 g/mol. The van der Waals surface area contributed by atoms with Gasteiger partial charge in [-0.25, -0.2) is 4.98 Å². The molecule has 0 saturated heterocycles.